The van der Waals surface area contributed by atoms with Gasteiger partial charge < -0.3 is 5.73 Å². The van der Waals surface area contributed by atoms with Gasteiger partial charge in [-0.3, -0.25) is 9.78 Å². The van der Waals surface area contributed by atoms with Crippen molar-refractivity contribution in [1.82, 2.24) is 9.97 Å². The zero-order valence-electron chi connectivity index (χ0n) is 8.62. The number of nitrogen functional groups attached to an aromatic ring is 1. The fourth-order valence-electron chi connectivity index (χ4n) is 1.43. The molecule has 0 fully saturated rings. The summed E-state index contributed by atoms with van der Waals surface area (Å²) in [6.07, 6.45) is 0. The number of nitrogens with one attached hydrogen (secondary N) is 1. The molecule has 2 rings (SSSR count). The Morgan fingerprint density at radius 3 is 2.75 bits per heavy atom. The highest BCUT2D eigenvalue weighted by atomic mass is 19.1. The van der Waals surface area contributed by atoms with Crippen LogP contribution in [0.25, 0.3) is 11.3 Å². The third-order valence-corrected chi connectivity index (χ3v) is 2.21. The zero-order valence-corrected chi connectivity index (χ0v) is 8.62. The molecule has 1 heterocycles. The van der Waals surface area contributed by atoms with Crippen LogP contribution in [0.4, 0.5) is 10.3 Å². The molecule has 2 aromatic rings. The quantitative estimate of drug-likeness (QED) is 0.762. The Morgan fingerprint density at radius 2 is 2.12 bits per heavy atom. The summed E-state index contributed by atoms with van der Waals surface area (Å²) < 4.78 is 13.1. The van der Waals surface area contributed by atoms with Crippen LogP contribution < -0.4 is 11.3 Å². The molecule has 1 aromatic carbocycles. The van der Waals surface area contributed by atoms with E-state index in [0.29, 0.717) is 16.8 Å². The van der Waals surface area contributed by atoms with Crippen molar-refractivity contribution in [3.63, 3.8) is 0 Å². The molecule has 0 saturated heterocycles. The second kappa shape index (κ2) is 3.77. The Balaban J connectivity index is 2.58. The van der Waals surface area contributed by atoms with Crippen molar-refractivity contribution >= 4 is 5.95 Å². The molecule has 0 unspecified atom stereocenters. The van der Waals surface area contributed by atoms with Gasteiger partial charge >= 0.3 is 0 Å². The lowest BCUT2D eigenvalue weighted by Gasteiger charge is -2.03. The van der Waals surface area contributed by atoms with Crippen LogP contribution in [-0.2, 0) is 0 Å². The highest BCUT2D eigenvalue weighted by Gasteiger charge is 2.04. The Labute approximate surface area is 91.0 Å². The van der Waals surface area contributed by atoms with E-state index in [1.54, 1.807) is 19.1 Å². The van der Waals surface area contributed by atoms with Crippen LogP contribution in [0.1, 0.15) is 5.56 Å². The fourth-order valence-corrected chi connectivity index (χ4v) is 1.43. The summed E-state index contributed by atoms with van der Waals surface area (Å²) >= 11 is 0. The van der Waals surface area contributed by atoms with E-state index in [0.717, 1.165) is 0 Å². The van der Waals surface area contributed by atoms with Crippen molar-refractivity contribution in [2.45, 2.75) is 6.92 Å². The van der Waals surface area contributed by atoms with Gasteiger partial charge in [0.1, 0.15) is 5.82 Å². The second-order valence-corrected chi connectivity index (χ2v) is 3.48. The van der Waals surface area contributed by atoms with Gasteiger partial charge in [0.05, 0.1) is 5.69 Å². The molecule has 0 aliphatic carbocycles. The molecule has 0 saturated carbocycles. The molecule has 3 N–H and O–H groups in total. The first-order valence-corrected chi connectivity index (χ1v) is 4.69. The summed E-state index contributed by atoms with van der Waals surface area (Å²) in [6.45, 7) is 1.65. The Morgan fingerprint density at radius 1 is 1.38 bits per heavy atom. The molecule has 0 bridgehead atoms. The minimum absolute atomic E-state index is 0.0458. The summed E-state index contributed by atoms with van der Waals surface area (Å²) in [4.78, 5) is 17.5. The number of H-pyrrole nitrogens is 1. The van der Waals surface area contributed by atoms with E-state index in [1.165, 1.54) is 12.1 Å². The van der Waals surface area contributed by atoms with Gasteiger partial charge in [-0.2, -0.15) is 0 Å². The first-order valence-electron chi connectivity index (χ1n) is 4.69. The Hall–Kier alpha value is -2.17. The van der Waals surface area contributed by atoms with Gasteiger partial charge in [0.15, 0.2) is 0 Å². The minimum Gasteiger partial charge on any atom is -0.369 e. The zero-order chi connectivity index (χ0) is 11.7. The van der Waals surface area contributed by atoms with E-state index in [2.05, 4.69) is 9.97 Å². The summed E-state index contributed by atoms with van der Waals surface area (Å²) in [5, 5.41) is 0. The average molecular weight is 219 g/mol. The van der Waals surface area contributed by atoms with Gasteiger partial charge in [0, 0.05) is 11.6 Å². The molecule has 0 spiro atoms. The lowest BCUT2D eigenvalue weighted by molar-refractivity contribution is 0.619. The van der Waals surface area contributed by atoms with Crippen molar-refractivity contribution < 1.29 is 4.39 Å². The van der Waals surface area contributed by atoms with Gasteiger partial charge in [-0.25, -0.2) is 9.37 Å². The van der Waals surface area contributed by atoms with E-state index in [9.17, 15) is 9.18 Å². The maximum Gasteiger partial charge on any atom is 0.252 e. The van der Waals surface area contributed by atoms with Gasteiger partial charge in [-0.15, -0.1) is 0 Å². The first kappa shape index (κ1) is 10.4. The molecular formula is C11H10FN3O. The van der Waals surface area contributed by atoms with Gasteiger partial charge in [0.25, 0.3) is 5.56 Å². The summed E-state index contributed by atoms with van der Waals surface area (Å²) in [6, 6.07) is 5.84. The maximum atomic E-state index is 13.1. The van der Waals surface area contributed by atoms with E-state index >= 15 is 0 Å². The summed E-state index contributed by atoms with van der Waals surface area (Å²) in [5.74, 6) is -0.244. The fraction of sp³-hybridized carbons (Fsp3) is 0.0909. The van der Waals surface area contributed by atoms with Crippen LogP contribution in [0.3, 0.4) is 0 Å². The molecule has 1 aromatic heterocycles. The smallest absolute Gasteiger partial charge is 0.252 e. The normalized spacial score (nSPS) is 10.4. The standard InChI is InChI=1S/C11H10FN3O/c1-6-4-7(2-3-8(6)12)9-5-10(16)15-11(13)14-9/h2-5H,1H3,(H3,13,14,15,16). The molecule has 0 atom stereocenters. The number of benzene rings is 1. The predicted molar refractivity (Wildman–Crippen MR) is 59.4 cm³/mol. The predicted octanol–water partition coefficient (Wildman–Crippen LogP) is 1.47. The molecule has 82 valence electrons. The third kappa shape index (κ3) is 1.93. The van der Waals surface area contributed by atoms with Crippen LogP contribution in [0.15, 0.2) is 29.1 Å². The SMILES string of the molecule is Cc1cc(-c2cc(=O)[nH]c(N)n2)ccc1F. The number of halogens is 1. The number of aromatic amines is 1. The number of nitrogens with zero attached hydrogens (tertiary/aromatic N) is 1. The number of aryl methyl sites for hydroxylation is 1. The van der Waals surface area contributed by atoms with E-state index in [-0.39, 0.29) is 17.3 Å². The van der Waals surface area contributed by atoms with E-state index < -0.39 is 0 Å². The largest absolute Gasteiger partial charge is 0.369 e. The average Bonchev–Trinajstić information content (AvgIpc) is 2.20. The third-order valence-electron chi connectivity index (χ3n) is 2.21. The molecule has 0 radical (unpaired) electrons. The Bertz CT molecular complexity index is 592. The topological polar surface area (TPSA) is 71.8 Å². The van der Waals surface area contributed by atoms with Crippen LogP contribution in [0.2, 0.25) is 0 Å². The van der Waals surface area contributed by atoms with Crippen molar-refractivity contribution in [2.24, 2.45) is 0 Å². The van der Waals surface area contributed by atoms with E-state index in [1.807, 2.05) is 0 Å². The van der Waals surface area contributed by atoms with Gasteiger partial charge in [-0.05, 0) is 30.7 Å². The van der Waals surface area contributed by atoms with Crippen molar-refractivity contribution in [3.05, 3.63) is 46.0 Å². The molecule has 5 heteroatoms. The van der Waals surface area contributed by atoms with Gasteiger partial charge in [0.2, 0.25) is 5.95 Å². The summed E-state index contributed by atoms with van der Waals surface area (Å²) in [7, 11) is 0. The van der Waals surface area contributed by atoms with Gasteiger partial charge in [-0.1, -0.05) is 0 Å². The highest BCUT2D eigenvalue weighted by molar-refractivity contribution is 5.60. The lowest BCUT2D eigenvalue weighted by atomic mass is 10.1. The molecule has 4 nitrogen and oxygen atoms in total. The Kier molecular flexibility index (Phi) is 2.44. The minimum atomic E-state index is -0.329. The van der Waals surface area contributed by atoms with Crippen LogP contribution in [-0.4, -0.2) is 9.97 Å². The number of hydrogen-bond acceptors (Lipinski definition) is 3. The van der Waals surface area contributed by atoms with Crippen molar-refractivity contribution in [3.8, 4) is 11.3 Å². The van der Waals surface area contributed by atoms with Crippen LogP contribution >= 0.6 is 0 Å². The molecule has 0 amide bonds. The lowest BCUT2D eigenvalue weighted by Crippen LogP contribution is -2.10. The molecule has 16 heavy (non-hydrogen) atoms. The van der Waals surface area contributed by atoms with E-state index in [4.69, 9.17) is 5.73 Å². The van der Waals surface area contributed by atoms with Crippen LogP contribution in [0, 0.1) is 12.7 Å². The summed E-state index contributed by atoms with van der Waals surface area (Å²) in [5.41, 5.74) is 6.69. The molecule has 0 aliphatic heterocycles. The van der Waals surface area contributed by atoms with Crippen LogP contribution in [0.5, 0.6) is 0 Å². The first-order chi connectivity index (χ1) is 7.56. The van der Waals surface area contributed by atoms with Crippen molar-refractivity contribution in [2.75, 3.05) is 5.73 Å². The molecule has 0 aliphatic rings. The van der Waals surface area contributed by atoms with Crippen molar-refractivity contribution in [1.29, 1.82) is 0 Å². The second-order valence-electron chi connectivity index (χ2n) is 3.48. The number of rotatable bonds is 1. The highest BCUT2D eigenvalue weighted by Crippen LogP contribution is 2.18. The number of nitrogens with two attached hydrogens (primary N) is 1. The number of aromatic nitrogens is 2. The number of anilines is 1. The molecular weight excluding hydrogens is 209 g/mol. The number of hydrogen-bond donors (Lipinski definition) is 2. The maximum absolute atomic E-state index is 13.1. The monoisotopic (exact) mass is 219 g/mol.